The average molecular weight is 429 g/mol. The van der Waals surface area contributed by atoms with E-state index in [-0.39, 0.29) is 11.8 Å². The number of hydrogen-bond donors (Lipinski definition) is 1. The minimum atomic E-state index is -0.00198. The minimum absolute atomic E-state index is 0.00198. The van der Waals surface area contributed by atoms with Gasteiger partial charge in [-0.25, -0.2) is 9.97 Å². The van der Waals surface area contributed by atoms with Gasteiger partial charge in [0.25, 0.3) is 0 Å². The number of benzene rings is 1. The molecule has 0 atom stereocenters. The second-order valence-corrected chi connectivity index (χ2v) is 7.75. The van der Waals surface area contributed by atoms with Crippen LogP contribution in [0.3, 0.4) is 0 Å². The average Bonchev–Trinajstić information content (AvgIpc) is 2.98. The van der Waals surface area contributed by atoms with Gasteiger partial charge in [0.15, 0.2) is 0 Å². The Kier molecular flexibility index (Phi) is 4.86. The molecule has 1 N–H and O–H groups in total. The van der Waals surface area contributed by atoms with E-state index in [9.17, 15) is 4.79 Å². The second-order valence-electron chi connectivity index (χ2n) is 6.89. The summed E-state index contributed by atoms with van der Waals surface area (Å²) in [5.74, 6) is 1.84. The number of nitrogens with zero attached hydrogens (tertiary/aromatic N) is 3. The first-order valence-corrected chi connectivity index (χ1v) is 9.85. The molecule has 0 spiro atoms. The van der Waals surface area contributed by atoms with Crippen LogP contribution < -0.4 is 10.2 Å². The lowest BCUT2D eigenvalue weighted by molar-refractivity contribution is -0.120. The van der Waals surface area contributed by atoms with Gasteiger partial charge in [-0.3, -0.25) is 4.79 Å². The molecule has 0 radical (unpaired) electrons. The predicted octanol–water partition coefficient (Wildman–Crippen LogP) is 4.46. The maximum atomic E-state index is 12.6. The van der Waals surface area contributed by atoms with E-state index in [2.05, 4.69) is 36.1 Å². The lowest BCUT2D eigenvalue weighted by Crippen LogP contribution is -2.38. The van der Waals surface area contributed by atoms with Crippen molar-refractivity contribution in [3.63, 3.8) is 0 Å². The molecule has 0 aliphatic carbocycles. The quantitative estimate of drug-likeness (QED) is 0.666. The van der Waals surface area contributed by atoms with Crippen molar-refractivity contribution in [1.29, 1.82) is 0 Å². The van der Waals surface area contributed by atoms with Gasteiger partial charge in [-0.2, -0.15) is 0 Å². The van der Waals surface area contributed by atoms with E-state index in [1.54, 1.807) is 6.33 Å². The molecule has 1 aliphatic rings. The molecule has 3 aromatic rings. The third-order valence-electron chi connectivity index (χ3n) is 5.24. The van der Waals surface area contributed by atoms with Gasteiger partial charge in [0.2, 0.25) is 11.6 Å². The van der Waals surface area contributed by atoms with Crippen molar-refractivity contribution in [3.05, 3.63) is 46.4 Å². The fourth-order valence-corrected chi connectivity index (χ4v) is 3.94. The number of aryl methyl sites for hydroxylation is 2. The molecular weight excluding hydrogens is 408 g/mol. The normalized spacial score (nSPS) is 15.3. The molecular formula is C20H21BrN4O2. The highest BCUT2D eigenvalue weighted by Gasteiger charge is 2.28. The molecule has 6 nitrogen and oxygen atoms in total. The predicted molar refractivity (Wildman–Crippen MR) is 109 cm³/mol. The maximum absolute atomic E-state index is 12.6. The largest absolute Gasteiger partial charge is 0.443 e. The highest BCUT2D eigenvalue weighted by molar-refractivity contribution is 9.10. The summed E-state index contributed by atoms with van der Waals surface area (Å²) in [6.07, 6.45) is 3.13. The van der Waals surface area contributed by atoms with E-state index in [1.807, 2.05) is 38.1 Å². The van der Waals surface area contributed by atoms with Crippen LogP contribution in [0.2, 0.25) is 0 Å². The topological polar surface area (TPSA) is 71.3 Å². The van der Waals surface area contributed by atoms with Gasteiger partial charge >= 0.3 is 0 Å². The number of amides is 1. The zero-order chi connectivity index (χ0) is 19.0. The first-order chi connectivity index (χ1) is 13.0. The smallest absolute Gasteiger partial charge is 0.231 e. The number of fused-ring (bicyclic) bond motifs is 1. The monoisotopic (exact) mass is 428 g/mol. The number of furan rings is 1. The van der Waals surface area contributed by atoms with Crippen LogP contribution in [0.25, 0.3) is 11.1 Å². The number of carbonyl (C=O) groups is 1. The lowest BCUT2D eigenvalue weighted by Gasteiger charge is -2.32. The molecule has 0 bridgehead atoms. The van der Waals surface area contributed by atoms with E-state index >= 15 is 0 Å². The number of anilines is 2. The molecule has 1 saturated heterocycles. The fraction of sp³-hybridized carbons (Fsp3) is 0.350. The highest BCUT2D eigenvalue weighted by Crippen LogP contribution is 2.33. The molecule has 2 aromatic heterocycles. The first-order valence-electron chi connectivity index (χ1n) is 9.05. The maximum Gasteiger partial charge on any atom is 0.231 e. The Labute approximate surface area is 166 Å². The van der Waals surface area contributed by atoms with E-state index in [4.69, 9.17) is 4.42 Å². The van der Waals surface area contributed by atoms with Crippen molar-refractivity contribution in [1.82, 2.24) is 9.97 Å². The van der Waals surface area contributed by atoms with Crippen molar-refractivity contribution in [3.8, 4) is 0 Å². The Bertz CT molecular complexity index is 993. The standard InChI is InChI=1S/C20H21BrN4O2/c1-12-13(2)27-20-17(12)18(22-11-23-20)25-9-7-14(8-10-25)19(26)24-16-6-4-3-5-15(16)21/h3-6,11,14H,7-10H2,1-2H3,(H,24,26). The summed E-state index contributed by atoms with van der Waals surface area (Å²) in [5.41, 5.74) is 2.52. The molecule has 0 unspecified atom stereocenters. The fourth-order valence-electron chi connectivity index (χ4n) is 3.55. The molecule has 27 heavy (non-hydrogen) atoms. The lowest BCUT2D eigenvalue weighted by atomic mass is 9.95. The summed E-state index contributed by atoms with van der Waals surface area (Å²) in [7, 11) is 0. The molecule has 7 heteroatoms. The minimum Gasteiger partial charge on any atom is -0.443 e. The van der Waals surface area contributed by atoms with Crippen molar-refractivity contribution >= 4 is 44.4 Å². The third kappa shape index (κ3) is 3.43. The van der Waals surface area contributed by atoms with E-state index < -0.39 is 0 Å². The number of halogens is 1. The van der Waals surface area contributed by atoms with Gasteiger partial charge in [-0.15, -0.1) is 0 Å². The first kappa shape index (κ1) is 18.0. The van der Waals surface area contributed by atoms with Crippen molar-refractivity contribution in [2.24, 2.45) is 5.92 Å². The molecule has 1 amide bonds. The Morgan fingerprint density at radius 1 is 1.22 bits per heavy atom. The van der Waals surface area contributed by atoms with Crippen LogP contribution in [0, 0.1) is 19.8 Å². The van der Waals surface area contributed by atoms with E-state index in [1.165, 1.54) is 0 Å². The summed E-state index contributed by atoms with van der Waals surface area (Å²) >= 11 is 3.47. The number of aromatic nitrogens is 2. The Hall–Kier alpha value is -2.41. The van der Waals surface area contributed by atoms with Crippen LogP contribution >= 0.6 is 15.9 Å². The molecule has 1 aliphatic heterocycles. The Balaban J connectivity index is 1.47. The van der Waals surface area contributed by atoms with Crippen LogP contribution in [0.5, 0.6) is 0 Å². The van der Waals surface area contributed by atoms with Crippen LogP contribution in [0.15, 0.2) is 39.5 Å². The number of piperidine rings is 1. The van der Waals surface area contributed by atoms with Crippen molar-refractivity contribution in [2.45, 2.75) is 26.7 Å². The number of hydrogen-bond acceptors (Lipinski definition) is 5. The Morgan fingerprint density at radius 3 is 2.70 bits per heavy atom. The summed E-state index contributed by atoms with van der Waals surface area (Å²) in [6, 6.07) is 7.67. The van der Waals surface area contributed by atoms with E-state index in [0.717, 1.165) is 58.6 Å². The van der Waals surface area contributed by atoms with Crippen LogP contribution in [0.1, 0.15) is 24.2 Å². The summed E-state index contributed by atoms with van der Waals surface area (Å²) in [6.45, 7) is 5.54. The summed E-state index contributed by atoms with van der Waals surface area (Å²) in [4.78, 5) is 23.6. The van der Waals surface area contributed by atoms with Gasteiger partial charge < -0.3 is 14.6 Å². The van der Waals surface area contributed by atoms with Gasteiger partial charge in [-0.05, 0) is 54.8 Å². The highest BCUT2D eigenvalue weighted by atomic mass is 79.9. The molecule has 4 rings (SSSR count). The van der Waals surface area contributed by atoms with Crippen molar-refractivity contribution < 1.29 is 9.21 Å². The number of nitrogens with one attached hydrogen (secondary N) is 1. The third-order valence-corrected chi connectivity index (χ3v) is 5.93. The molecule has 1 fully saturated rings. The number of para-hydroxylation sites is 1. The van der Waals surface area contributed by atoms with E-state index in [0.29, 0.717) is 5.71 Å². The van der Waals surface area contributed by atoms with Gasteiger partial charge in [0.05, 0.1) is 11.1 Å². The van der Waals surface area contributed by atoms with Crippen LogP contribution in [0.4, 0.5) is 11.5 Å². The van der Waals surface area contributed by atoms with Gasteiger partial charge in [0.1, 0.15) is 17.9 Å². The zero-order valence-corrected chi connectivity index (χ0v) is 16.9. The molecule has 3 heterocycles. The second kappa shape index (κ2) is 7.31. The molecule has 1 aromatic carbocycles. The SMILES string of the molecule is Cc1oc2ncnc(N3CCC(C(=O)Nc4ccccc4Br)CC3)c2c1C. The number of rotatable bonds is 3. The number of carbonyl (C=O) groups excluding carboxylic acids is 1. The van der Waals surface area contributed by atoms with Crippen LogP contribution in [-0.2, 0) is 4.79 Å². The summed E-state index contributed by atoms with van der Waals surface area (Å²) in [5, 5.41) is 4.01. The van der Waals surface area contributed by atoms with Gasteiger partial charge in [0, 0.05) is 29.0 Å². The molecule has 0 saturated carbocycles. The molecule has 140 valence electrons. The van der Waals surface area contributed by atoms with Gasteiger partial charge in [-0.1, -0.05) is 12.1 Å². The zero-order valence-electron chi connectivity index (χ0n) is 15.3. The van der Waals surface area contributed by atoms with Crippen molar-refractivity contribution in [2.75, 3.05) is 23.3 Å². The Morgan fingerprint density at radius 2 is 1.96 bits per heavy atom. The summed E-state index contributed by atoms with van der Waals surface area (Å²) < 4.78 is 6.61. The van der Waals surface area contributed by atoms with Crippen LogP contribution in [-0.4, -0.2) is 29.0 Å².